The van der Waals surface area contributed by atoms with Crippen LogP contribution in [-0.2, 0) is 14.3 Å². The van der Waals surface area contributed by atoms with E-state index >= 15 is 0 Å². The Balaban J connectivity index is 1.73. The number of amides is 2. The molecule has 2 aliphatic rings. The minimum Gasteiger partial charge on any atom is -0.368 e. The molecule has 0 radical (unpaired) electrons. The molecule has 0 aromatic carbocycles. The molecule has 2 amide bonds. The largest absolute Gasteiger partial charge is 0.368 e. The quantitative estimate of drug-likeness (QED) is 0.807. The molecule has 0 unspecified atom stereocenters. The zero-order valence-electron chi connectivity index (χ0n) is 13.0. The lowest BCUT2D eigenvalue weighted by molar-refractivity contribution is -0.139. The third-order valence-corrected chi connectivity index (χ3v) is 4.23. The van der Waals surface area contributed by atoms with Crippen LogP contribution in [0.3, 0.4) is 0 Å². The van der Waals surface area contributed by atoms with Gasteiger partial charge in [0.05, 0.1) is 6.10 Å². The smallest absolute Gasteiger partial charge is 0.248 e. The van der Waals surface area contributed by atoms with Crippen LogP contribution in [0.5, 0.6) is 0 Å². The topological polar surface area (TPSA) is 61.9 Å². The van der Waals surface area contributed by atoms with E-state index in [1.807, 2.05) is 16.7 Å². The summed E-state index contributed by atoms with van der Waals surface area (Å²) in [5.74, 6) is 0.231. The van der Waals surface area contributed by atoms with Gasteiger partial charge in [0.1, 0.15) is 6.61 Å². The highest BCUT2D eigenvalue weighted by molar-refractivity contribution is 5.78. The molecule has 2 aliphatic heterocycles. The van der Waals surface area contributed by atoms with Crippen molar-refractivity contribution in [2.24, 2.45) is 0 Å². The monoisotopic (exact) mass is 297 g/mol. The molecular weight excluding hydrogens is 270 g/mol. The van der Waals surface area contributed by atoms with Crippen LogP contribution in [0, 0.1) is 0 Å². The number of carbonyl (C=O) groups is 2. The van der Waals surface area contributed by atoms with Crippen molar-refractivity contribution in [2.75, 3.05) is 45.9 Å². The normalized spacial score (nSPS) is 21.2. The Bertz CT molecular complexity index is 356. The lowest BCUT2D eigenvalue weighted by Gasteiger charge is -2.25. The van der Waals surface area contributed by atoms with E-state index in [1.165, 1.54) is 0 Å². The van der Waals surface area contributed by atoms with Crippen molar-refractivity contribution in [1.29, 1.82) is 0 Å². The first-order chi connectivity index (χ1) is 10.2. The van der Waals surface area contributed by atoms with Gasteiger partial charge in [0, 0.05) is 32.6 Å². The molecule has 6 nitrogen and oxygen atoms in total. The van der Waals surface area contributed by atoms with Crippen LogP contribution in [-0.4, -0.2) is 73.6 Å². The van der Waals surface area contributed by atoms with Gasteiger partial charge in [-0.25, -0.2) is 0 Å². The number of piperidine rings is 1. The zero-order chi connectivity index (χ0) is 15.1. The number of ether oxygens (including phenoxy) is 1. The van der Waals surface area contributed by atoms with Crippen molar-refractivity contribution < 1.29 is 14.3 Å². The Hall–Kier alpha value is -1.14. The summed E-state index contributed by atoms with van der Waals surface area (Å²) < 4.78 is 5.72. The second kappa shape index (κ2) is 8.34. The molecule has 1 N–H and O–H groups in total. The summed E-state index contributed by atoms with van der Waals surface area (Å²) in [6, 6.07) is 0. The van der Waals surface area contributed by atoms with Crippen LogP contribution >= 0.6 is 0 Å². The van der Waals surface area contributed by atoms with Crippen molar-refractivity contribution in [3.63, 3.8) is 0 Å². The molecule has 0 spiro atoms. The summed E-state index contributed by atoms with van der Waals surface area (Å²) in [7, 11) is 0. The van der Waals surface area contributed by atoms with Gasteiger partial charge in [-0.3, -0.25) is 9.59 Å². The molecule has 0 aromatic heterocycles. The summed E-state index contributed by atoms with van der Waals surface area (Å²) in [6.07, 6.45) is 3.55. The van der Waals surface area contributed by atoms with Gasteiger partial charge in [0.2, 0.25) is 11.8 Å². The molecule has 0 atom stereocenters. The van der Waals surface area contributed by atoms with E-state index in [2.05, 4.69) is 5.32 Å². The molecule has 0 bridgehead atoms. The number of hydrogen-bond donors (Lipinski definition) is 1. The van der Waals surface area contributed by atoms with E-state index in [4.69, 9.17) is 4.74 Å². The standard InChI is InChI=1S/C15H27N3O3/c1-2-14(19)17-8-3-9-18(11-10-17)15(20)12-21-13-4-6-16-7-5-13/h13,16H,2-12H2,1H3. The molecule has 0 saturated carbocycles. The minimum atomic E-state index is 0.0549. The van der Waals surface area contributed by atoms with Gasteiger partial charge in [-0.05, 0) is 32.4 Å². The highest BCUT2D eigenvalue weighted by Crippen LogP contribution is 2.09. The van der Waals surface area contributed by atoms with Crippen LogP contribution in [0.2, 0.25) is 0 Å². The van der Waals surface area contributed by atoms with Crippen LogP contribution in [0.25, 0.3) is 0 Å². The molecule has 2 heterocycles. The lowest BCUT2D eigenvalue weighted by Crippen LogP contribution is -2.40. The highest BCUT2D eigenvalue weighted by Gasteiger charge is 2.22. The van der Waals surface area contributed by atoms with E-state index in [1.54, 1.807) is 0 Å². The maximum atomic E-state index is 12.2. The van der Waals surface area contributed by atoms with Gasteiger partial charge in [0.25, 0.3) is 0 Å². The number of hydrogen-bond acceptors (Lipinski definition) is 4. The van der Waals surface area contributed by atoms with Gasteiger partial charge >= 0.3 is 0 Å². The van der Waals surface area contributed by atoms with E-state index in [9.17, 15) is 9.59 Å². The van der Waals surface area contributed by atoms with Crippen LogP contribution < -0.4 is 5.32 Å². The van der Waals surface area contributed by atoms with E-state index in [-0.39, 0.29) is 24.5 Å². The van der Waals surface area contributed by atoms with Crippen LogP contribution in [0.1, 0.15) is 32.6 Å². The Morgan fingerprint density at radius 3 is 2.29 bits per heavy atom. The maximum Gasteiger partial charge on any atom is 0.248 e. The van der Waals surface area contributed by atoms with Crippen LogP contribution in [0.15, 0.2) is 0 Å². The highest BCUT2D eigenvalue weighted by atomic mass is 16.5. The first kappa shape index (κ1) is 16.2. The molecule has 21 heavy (non-hydrogen) atoms. The molecule has 0 aromatic rings. The van der Waals surface area contributed by atoms with Crippen LogP contribution in [0.4, 0.5) is 0 Å². The average Bonchev–Trinajstić information content (AvgIpc) is 2.79. The summed E-state index contributed by atoms with van der Waals surface area (Å²) in [5.41, 5.74) is 0. The summed E-state index contributed by atoms with van der Waals surface area (Å²) in [5, 5.41) is 3.28. The summed E-state index contributed by atoms with van der Waals surface area (Å²) in [4.78, 5) is 27.6. The van der Waals surface area contributed by atoms with Crippen molar-refractivity contribution in [2.45, 2.75) is 38.7 Å². The summed E-state index contributed by atoms with van der Waals surface area (Å²) in [6.45, 7) is 6.74. The predicted molar refractivity (Wildman–Crippen MR) is 79.9 cm³/mol. The minimum absolute atomic E-state index is 0.0549. The molecule has 6 heteroatoms. The second-order valence-corrected chi connectivity index (χ2v) is 5.73. The van der Waals surface area contributed by atoms with Gasteiger partial charge in [-0.15, -0.1) is 0 Å². The Morgan fingerprint density at radius 2 is 1.67 bits per heavy atom. The van der Waals surface area contributed by atoms with Gasteiger partial charge in [-0.1, -0.05) is 6.92 Å². The zero-order valence-corrected chi connectivity index (χ0v) is 13.0. The van der Waals surface area contributed by atoms with Crippen molar-refractivity contribution in [3.05, 3.63) is 0 Å². The fourth-order valence-electron chi connectivity index (χ4n) is 2.88. The molecule has 2 fully saturated rings. The van der Waals surface area contributed by atoms with E-state index in [0.29, 0.717) is 19.5 Å². The van der Waals surface area contributed by atoms with E-state index in [0.717, 1.165) is 45.4 Å². The number of nitrogens with zero attached hydrogens (tertiary/aromatic N) is 2. The first-order valence-corrected chi connectivity index (χ1v) is 8.08. The summed E-state index contributed by atoms with van der Waals surface area (Å²) >= 11 is 0. The van der Waals surface area contributed by atoms with Gasteiger partial charge < -0.3 is 19.9 Å². The molecule has 0 aliphatic carbocycles. The number of nitrogens with one attached hydrogen (secondary N) is 1. The fraction of sp³-hybridized carbons (Fsp3) is 0.867. The first-order valence-electron chi connectivity index (χ1n) is 8.08. The van der Waals surface area contributed by atoms with Gasteiger partial charge in [-0.2, -0.15) is 0 Å². The third-order valence-electron chi connectivity index (χ3n) is 4.23. The number of carbonyl (C=O) groups excluding carboxylic acids is 2. The Morgan fingerprint density at radius 1 is 1.05 bits per heavy atom. The second-order valence-electron chi connectivity index (χ2n) is 5.73. The molecular formula is C15H27N3O3. The number of rotatable bonds is 4. The van der Waals surface area contributed by atoms with E-state index < -0.39 is 0 Å². The van der Waals surface area contributed by atoms with Crippen molar-refractivity contribution in [1.82, 2.24) is 15.1 Å². The lowest BCUT2D eigenvalue weighted by atomic mass is 10.1. The Kier molecular flexibility index (Phi) is 6.45. The average molecular weight is 297 g/mol. The Labute approximate surface area is 126 Å². The van der Waals surface area contributed by atoms with Crippen molar-refractivity contribution >= 4 is 11.8 Å². The third kappa shape index (κ3) is 4.97. The van der Waals surface area contributed by atoms with Crippen molar-refractivity contribution in [3.8, 4) is 0 Å². The molecule has 2 rings (SSSR count). The molecule has 2 saturated heterocycles. The van der Waals surface area contributed by atoms with Gasteiger partial charge in [0.15, 0.2) is 0 Å². The molecule has 120 valence electrons. The fourth-order valence-corrected chi connectivity index (χ4v) is 2.88. The SMILES string of the molecule is CCC(=O)N1CCCN(C(=O)COC2CCNCC2)CC1. The predicted octanol–water partition coefficient (Wildman–Crippen LogP) is 0.226. The maximum absolute atomic E-state index is 12.2.